The van der Waals surface area contributed by atoms with Crippen LogP contribution in [0.1, 0.15) is 87.6 Å². The highest BCUT2D eigenvalue weighted by molar-refractivity contribution is 6.31. The van der Waals surface area contributed by atoms with Crippen LogP contribution in [0.3, 0.4) is 0 Å². The molecule has 3 saturated heterocycles. The monoisotopic (exact) mass is 827 g/mol. The molecule has 4 fully saturated rings. The van der Waals surface area contributed by atoms with Crippen LogP contribution < -0.4 is 15.4 Å². The quantitative estimate of drug-likeness (QED) is 0.182. The number of likely N-dealkylation sites (tertiary alicyclic amines) is 2. The number of piperidine rings is 2. The lowest BCUT2D eigenvalue weighted by molar-refractivity contribution is -0.199. The molecule has 13 nitrogen and oxygen atoms in total. The Balaban J connectivity index is 0.869. The maximum atomic E-state index is 15.7. The summed E-state index contributed by atoms with van der Waals surface area (Å²) in [6.07, 6.45) is 0.229. The molecule has 0 spiro atoms. The van der Waals surface area contributed by atoms with E-state index in [1.165, 1.54) is 0 Å². The smallest absolute Gasteiger partial charge is 0.256 e. The van der Waals surface area contributed by atoms with Crippen molar-refractivity contribution in [1.29, 1.82) is 5.26 Å². The fourth-order valence-electron chi connectivity index (χ4n) is 9.92. The third-order valence-electron chi connectivity index (χ3n) is 13.0. The summed E-state index contributed by atoms with van der Waals surface area (Å²) in [5.41, 5.74) is -1.33. The first-order valence-electron chi connectivity index (χ1n) is 20.2. The van der Waals surface area contributed by atoms with Crippen molar-refractivity contribution in [3.05, 3.63) is 70.0 Å². The normalized spacial score (nSPS) is 25.8. The number of pyridine rings is 1. The Labute approximate surface area is 349 Å². The first-order chi connectivity index (χ1) is 27.8. The second-order valence-electron chi connectivity index (χ2n) is 17.9. The highest BCUT2D eigenvalue weighted by Gasteiger charge is 2.67. The summed E-state index contributed by atoms with van der Waals surface area (Å²) in [4.78, 5) is 60.9. The molecule has 59 heavy (non-hydrogen) atoms. The molecule has 3 N–H and O–H groups in total. The van der Waals surface area contributed by atoms with Gasteiger partial charge in [0.1, 0.15) is 35.8 Å². The topological polar surface area (TPSA) is 168 Å². The number of aliphatic hydroxyl groups excluding tert-OH is 1. The summed E-state index contributed by atoms with van der Waals surface area (Å²) in [5, 5.41) is 24.9. The van der Waals surface area contributed by atoms with Crippen LogP contribution in [0.15, 0.2) is 42.5 Å². The van der Waals surface area contributed by atoms with Crippen molar-refractivity contribution in [3.63, 3.8) is 0 Å². The van der Waals surface area contributed by atoms with Gasteiger partial charge in [-0.2, -0.15) is 5.26 Å². The highest BCUT2D eigenvalue weighted by Crippen LogP contribution is 2.59. The van der Waals surface area contributed by atoms with Crippen molar-refractivity contribution < 1.29 is 33.4 Å². The molecule has 7 rings (SSSR count). The van der Waals surface area contributed by atoms with Crippen LogP contribution in [-0.2, 0) is 20.9 Å². The van der Waals surface area contributed by atoms with Gasteiger partial charge in [0.15, 0.2) is 5.67 Å². The Morgan fingerprint density at radius 3 is 2.49 bits per heavy atom. The molecule has 2 aromatic rings. The first kappa shape index (κ1) is 42.3. The van der Waals surface area contributed by atoms with E-state index in [-0.39, 0.29) is 60.2 Å². The summed E-state index contributed by atoms with van der Waals surface area (Å²) in [5.74, 6) is 5.46. The molecule has 3 unspecified atom stereocenters. The van der Waals surface area contributed by atoms with Crippen LogP contribution >= 0.6 is 11.6 Å². The summed E-state index contributed by atoms with van der Waals surface area (Å²) in [6.45, 7) is 16.6. The largest absolute Gasteiger partial charge is 0.489 e. The van der Waals surface area contributed by atoms with Crippen molar-refractivity contribution >= 4 is 35.2 Å². The van der Waals surface area contributed by atoms with Gasteiger partial charge in [-0.05, 0) is 69.5 Å². The zero-order valence-corrected chi connectivity index (χ0v) is 34.9. The number of nitrogens with zero attached hydrogens (tertiary/aromatic N) is 5. The standard InChI is InChI=1S/C44H51ClFN7O6/c1-25(37(56)49-33-13-14-36(55)50-38(33)57)44(6,46)35(54)24-51-21-29(22-51)52-17-15-26(16-18-52)7-9-28-10-12-31-34(48-28)23-53(39(31)58)40-42(2,3)41(43(40,4)5)59-30-11-8-27(20-47)32(45)19-30/h8,10-12,19,26,29,33,35,40-41,54H,1,13-18,21-24H2,2-6H3,(H,49,56)(H,50,55,57). The van der Waals surface area contributed by atoms with Gasteiger partial charge in [0.25, 0.3) is 11.8 Å². The number of hydrogen-bond acceptors (Lipinski definition) is 10. The number of amides is 4. The third kappa shape index (κ3) is 8.08. The number of nitriles is 1. The summed E-state index contributed by atoms with van der Waals surface area (Å²) < 4.78 is 22.2. The average Bonchev–Trinajstić information content (AvgIpc) is 3.48. The van der Waals surface area contributed by atoms with E-state index in [1.54, 1.807) is 18.2 Å². The fraction of sp³-hybridized carbons (Fsp3) is 0.545. The van der Waals surface area contributed by atoms with Gasteiger partial charge in [-0.3, -0.25) is 34.3 Å². The van der Waals surface area contributed by atoms with Crippen LogP contribution in [0.5, 0.6) is 5.75 Å². The average molecular weight is 828 g/mol. The number of carbonyl (C=O) groups excluding carboxylic acids is 4. The predicted molar refractivity (Wildman–Crippen MR) is 216 cm³/mol. The van der Waals surface area contributed by atoms with Crippen LogP contribution in [0.25, 0.3) is 0 Å². The van der Waals surface area contributed by atoms with E-state index in [9.17, 15) is 29.5 Å². The Morgan fingerprint density at radius 1 is 1.15 bits per heavy atom. The van der Waals surface area contributed by atoms with E-state index in [1.807, 2.05) is 21.9 Å². The third-order valence-corrected chi connectivity index (χ3v) is 13.3. The minimum Gasteiger partial charge on any atom is -0.489 e. The van der Waals surface area contributed by atoms with Crippen molar-refractivity contribution in [1.82, 2.24) is 30.3 Å². The lowest BCUT2D eigenvalue weighted by Gasteiger charge is -2.65. The van der Waals surface area contributed by atoms with Gasteiger partial charge in [-0.25, -0.2) is 9.37 Å². The van der Waals surface area contributed by atoms with Crippen molar-refractivity contribution in [3.8, 4) is 23.7 Å². The van der Waals surface area contributed by atoms with E-state index in [2.05, 4.69) is 67.7 Å². The second kappa shape index (κ2) is 16.0. The number of imide groups is 1. The number of fused-ring (bicyclic) bond motifs is 1. The highest BCUT2D eigenvalue weighted by atomic mass is 35.5. The van der Waals surface area contributed by atoms with Crippen molar-refractivity contribution in [2.45, 2.75) is 103 Å². The zero-order chi connectivity index (χ0) is 42.6. The molecule has 0 radical (unpaired) electrons. The number of β-amino-alcohol motifs (C(OH)–C–C–N with tert-alkyl or cyclic N) is 1. The SMILES string of the molecule is C=C(C(=O)NC1CCC(=O)NC1=O)C(C)(F)C(O)CN1CC(N2CCC(C#Cc3ccc4c(n3)CN(C3C(C)(C)C(Oc5ccc(C#N)c(Cl)c5)C3(C)C)C4=O)CC2)C1. The molecule has 312 valence electrons. The summed E-state index contributed by atoms with van der Waals surface area (Å²) in [7, 11) is 0. The second-order valence-corrected chi connectivity index (χ2v) is 18.3. The fourth-order valence-corrected chi connectivity index (χ4v) is 10.1. The molecular formula is C44H51ClFN7O6. The van der Waals surface area contributed by atoms with Crippen LogP contribution in [0.4, 0.5) is 4.39 Å². The van der Waals surface area contributed by atoms with Gasteiger partial charge in [0, 0.05) is 66.5 Å². The molecule has 5 heterocycles. The number of halogens is 2. The number of nitrogens with one attached hydrogen (secondary N) is 2. The Hall–Kier alpha value is -4.86. The van der Waals surface area contributed by atoms with Crippen LogP contribution in [0.2, 0.25) is 5.02 Å². The van der Waals surface area contributed by atoms with E-state index in [0.29, 0.717) is 47.2 Å². The number of aromatic nitrogens is 1. The molecule has 15 heteroatoms. The number of benzene rings is 1. The van der Waals surface area contributed by atoms with E-state index in [4.69, 9.17) is 21.3 Å². The van der Waals surface area contributed by atoms with Crippen molar-refractivity contribution in [2.24, 2.45) is 16.7 Å². The van der Waals surface area contributed by atoms with Crippen molar-refractivity contribution in [2.75, 3.05) is 32.7 Å². The van der Waals surface area contributed by atoms with Gasteiger partial charge < -0.3 is 20.1 Å². The number of hydrogen-bond donors (Lipinski definition) is 3. The molecule has 1 aromatic carbocycles. The number of ether oxygens (including phenoxy) is 1. The predicted octanol–water partition coefficient (Wildman–Crippen LogP) is 3.76. The molecule has 4 aliphatic heterocycles. The number of aliphatic hydroxyl groups is 1. The Kier molecular flexibility index (Phi) is 11.4. The molecule has 3 atom stereocenters. The van der Waals surface area contributed by atoms with Crippen LogP contribution in [0, 0.1) is 39.9 Å². The first-order valence-corrected chi connectivity index (χ1v) is 20.5. The summed E-state index contributed by atoms with van der Waals surface area (Å²) in [6, 6.07) is 9.97. The molecule has 1 aromatic heterocycles. The minimum atomic E-state index is -2.43. The lowest BCUT2D eigenvalue weighted by Crippen LogP contribution is -2.74. The van der Waals surface area contributed by atoms with E-state index < -0.39 is 41.1 Å². The molecule has 1 saturated carbocycles. The van der Waals surface area contributed by atoms with Gasteiger partial charge in [0.2, 0.25) is 11.8 Å². The minimum absolute atomic E-state index is 0.0218. The zero-order valence-electron chi connectivity index (χ0n) is 34.1. The Bertz CT molecular complexity index is 2160. The summed E-state index contributed by atoms with van der Waals surface area (Å²) >= 11 is 6.27. The molecule has 4 amide bonds. The molecular weight excluding hydrogens is 777 g/mol. The maximum Gasteiger partial charge on any atom is 0.256 e. The molecule has 5 aliphatic rings. The maximum absolute atomic E-state index is 15.7. The van der Waals surface area contributed by atoms with E-state index >= 15 is 4.39 Å². The van der Waals surface area contributed by atoms with E-state index in [0.717, 1.165) is 38.5 Å². The van der Waals surface area contributed by atoms with Gasteiger partial charge in [0.05, 0.1) is 28.4 Å². The van der Waals surface area contributed by atoms with Crippen LogP contribution in [-0.4, -0.2) is 117 Å². The van der Waals surface area contributed by atoms with Gasteiger partial charge in [-0.15, -0.1) is 0 Å². The number of rotatable bonds is 10. The van der Waals surface area contributed by atoms with Gasteiger partial charge in [-0.1, -0.05) is 51.8 Å². The number of alkyl halides is 1. The molecule has 1 aliphatic carbocycles. The Morgan fingerprint density at radius 2 is 1.85 bits per heavy atom. The lowest BCUT2D eigenvalue weighted by atomic mass is 9.49. The number of carbonyl (C=O) groups is 4. The molecule has 0 bridgehead atoms. The van der Waals surface area contributed by atoms with Gasteiger partial charge >= 0.3 is 0 Å².